The van der Waals surface area contributed by atoms with Crippen molar-refractivity contribution in [3.8, 4) is 0 Å². The van der Waals surface area contributed by atoms with Crippen molar-refractivity contribution in [2.24, 2.45) is 0 Å². The molecule has 17 heavy (non-hydrogen) atoms. The number of hydrogen-bond donors (Lipinski definition) is 0. The number of carbonyl (C=O) groups excluding carboxylic acids is 1. The largest absolute Gasteiger partial charge is 0.330 e. The van der Waals surface area contributed by atoms with Gasteiger partial charge in [-0.05, 0) is 0 Å². The number of nitrogens with zero attached hydrogens (tertiary/aromatic N) is 2. The van der Waals surface area contributed by atoms with Crippen molar-refractivity contribution < 1.29 is 13.6 Å². The Morgan fingerprint density at radius 1 is 1.29 bits per heavy atom. The van der Waals surface area contributed by atoms with E-state index < -0.39 is 12.5 Å². The molecule has 2 aromatic rings. The van der Waals surface area contributed by atoms with Crippen molar-refractivity contribution in [1.82, 2.24) is 9.55 Å². The summed E-state index contributed by atoms with van der Waals surface area (Å²) >= 11 is 0. The van der Waals surface area contributed by atoms with Crippen LogP contribution in [0.1, 0.15) is 16.1 Å². The Balaban J connectivity index is 2.19. The third kappa shape index (κ3) is 2.55. The molecule has 3 nitrogen and oxygen atoms in total. The highest BCUT2D eigenvalue weighted by Gasteiger charge is 2.31. The van der Waals surface area contributed by atoms with Gasteiger partial charge in [-0.3, -0.25) is 4.79 Å². The first-order chi connectivity index (χ1) is 8.12. The van der Waals surface area contributed by atoms with Gasteiger partial charge in [-0.2, -0.15) is 8.78 Å². The second-order valence-electron chi connectivity index (χ2n) is 3.66. The second kappa shape index (κ2) is 4.45. The maximum atomic E-state index is 13.8. The molecule has 5 heteroatoms. The van der Waals surface area contributed by atoms with E-state index in [4.69, 9.17) is 0 Å². The molecule has 0 aliphatic carbocycles. The van der Waals surface area contributed by atoms with E-state index in [0.717, 1.165) is 0 Å². The predicted molar refractivity (Wildman–Crippen MR) is 58.0 cm³/mol. The van der Waals surface area contributed by atoms with Crippen molar-refractivity contribution in [1.29, 1.82) is 0 Å². The third-order valence-corrected chi connectivity index (χ3v) is 2.35. The number of benzene rings is 1. The first-order valence-corrected chi connectivity index (χ1v) is 5.02. The molecule has 1 aromatic carbocycles. The molecule has 0 aliphatic heterocycles. The lowest BCUT2D eigenvalue weighted by Gasteiger charge is -2.16. The Morgan fingerprint density at radius 3 is 2.59 bits per heavy atom. The number of hydrogen-bond acceptors (Lipinski definition) is 2. The van der Waals surface area contributed by atoms with E-state index in [0.29, 0.717) is 6.29 Å². The van der Waals surface area contributed by atoms with Crippen LogP contribution in [0, 0.1) is 0 Å². The Kier molecular flexibility index (Phi) is 2.99. The van der Waals surface area contributed by atoms with Crippen LogP contribution in [0.3, 0.4) is 0 Å². The predicted octanol–water partition coefficient (Wildman–Crippen LogP) is 2.49. The van der Waals surface area contributed by atoms with Crippen LogP contribution in [0.4, 0.5) is 8.78 Å². The molecule has 0 aliphatic rings. The molecule has 0 bridgehead atoms. The molecule has 0 saturated heterocycles. The summed E-state index contributed by atoms with van der Waals surface area (Å²) in [6, 6.07) is 7.55. The first-order valence-electron chi connectivity index (χ1n) is 5.02. The summed E-state index contributed by atoms with van der Waals surface area (Å²) in [6.45, 7) is -0.530. The summed E-state index contributed by atoms with van der Waals surface area (Å²) in [4.78, 5) is 14.1. The van der Waals surface area contributed by atoms with Crippen LogP contribution in [0.15, 0.2) is 42.9 Å². The highest BCUT2D eigenvalue weighted by molar-refractivity contribution is 5.70. The average molecular weight is 236 g/mol. The molecular formula is C12H10F2N2O. The zero-order valence-corrected chi connectivity index (χ0v) is 8.88. The van der Waals surface area contributed by atoms with Gasteiger partial charge in [0.05, 0.1) is 12.9 Å². The molecular weight excluding hydrogens is 226 g/mol. The van der Waals surface area contributed by atoms with Gasteiger partial charge in [0.1, 0.15) is 5.69 Å². The monoisotopic (exact) mass is 236 g/mol. The van der Waals surface area contributed by atoms with E-state index in [2.05, 4.69) is 4.98 Å². The number of halogens is 2. The lowest BCUT2D eigenvalue weighted by Crippen LogP contribution is -2.20. The molecule has 0 N–H and O–H groups in total. The van der Waals surface area contributed by atoms with Crippen LogP contribution in [0.5, 0.6) is 0 Å². The number of carbonyl (C=O) groups is 1. The molecule has 0 radical (unpaired) electrons. The number of imidazole rings is 1. The van der Waals surface area contributed by atoms with Crippen LogP contribution in [0.2, 0.25) is 0 Å². The normalized spacial score (nSPS) is 11.4. The maximum Gasteiger partial charge on any atom is 0.290 e. The van der Waals surface area contributed by atoms with Crippen molar-refractivity contribution >= 4 is 6.29 Å². The number of aromatic nitrogens is 2. The molecule has 1 heterocycles. The topological polar surface area (TPSA) is 34.9 Å². The van der Waals surface area contributed by atoms with Crippen LogP contribution in [0.25, 0.3) is 0 Å². The third-order valence-electron chi connectivity index (χ3n) is 2.35. The minimum Gasteiger partial charge on any atom is -0.330 e. The molecule has 0 atom stereocenters. The molecule has 2 rings (SSSR count). The molecule has 1 aromatic heterocycles. The van der Waals surface area contributed by atoms with Crippen molar-refractivity contribution in [2.75, 3.05) is 0 Å². The van der Waals surface area contributed by atoms with Crippen LogP contribution in [-0.4, -0.2) is 15.8 Å². The first kappa shape index (κ1) is 11.4. The van der Waals surface area contributed by atoms with Crippen molar-refractivity contribution in [2.45, 2.75) is 12.5 Å². The van der Waals surface area contributed by atoms with Gasteiger partial charge in [0.15, 0.2) is 6.29 Å². The fourth-order valence-corrected chi connectivity index (χ4v) is 1.53. The fraction of sp³-hybridized carbons (Fsp3) is 0.167. The van der Waals surface area contributed by atoms with Gasteiger partial charge in [0, 0.05) is 11.8 Å². The number of alkyl halides is 2. The highest BCUT2D eigenvalue weighted by atomic mass is 19.3. The van der Waals surface area contributed by atoms with Crippen LogP contribution < -0.4 is 0 Å². The van der Waals surface area contributed by atoms with E-state index in [1.807, 2.05) is 0 Å². The summed E-state index contributed by atoms with van der Waals surface area (Å²) in [6.07, 6.45) is 3.04. The lowest BCUT2D eigenvalue weighted by atomic mass is 10.1. The smallest absolute Gasteiger partial charge is 0.290 e. The number of aldehydes is 1. The van der Waals surface area contributed by atoms with Crippen molar-refractivity contribution in [3.63, 3.8) is 0 Å². The van der Waals surface area contributed by atoms with E-state index in [9.17, 15) is 13.6 Å². The molecule has 0 unspecified atom stereocenters. The summed E-state index contributed by atoms with van der Waals surface area (Å²) in [7, 11) is 0. The van der Waals surface area contributed by atoms with Gasteiger partial charge >= 0.3 is 0 Å². The standard InChI is InChI=1S/C12H10F2N2O/c13-12(14,10-4-2-1-3-5-10)8-16-6-11(7-17)15-9-16/h1-7,9H,8H2. The summed E-state index contributed by atoms with van der Waals surface area (Å²) in [5.74, 6) is -2.98. The van der Waals surface area contributed by atoms with E-state index in [-0.39, 0.29) is 11.3 Å². The van der Waals surface area contributed by atoms with Gasteiger partial charge in [-0.25, -0.2) is 4.98 Å². The zero-order valence-electron chi connectivity index (χ0n) is 8.88. The van der Waals surface area contributed by atoms with Gasteiger partial charge in [0.25, 0.3) is 5.92 Å². The Hall–Kier alpha value is -2.04. The van der Waals surface area contributed by atoms with E-state index in [1.54, 1.807) is 18.2 Å². The van der Waals surface area contributed by atoms with Crippen molar-refractivity contribution in [3.05, 3.63) is 54.1 Å². The Morgan fingerprint density at radius 2 is 2.00 bits per heavy atom. The molecule has 88 valence electrons. The zero-order chi connectivity index (χ0) is 12.3. The average Bonchev–Trinajstić information content (AvgIpc) is 2.77. The van der Waals surface area contributed by atoms with Gasteiger partial charge in [-0.1, -0.05) is 30.3 Å². The fourth-order valence-electron chi connectivity index (χ4n) is 1.53. The van der Waals surface area contributed by atoms with Crippen LogP contribution in [-0.2, 0) is 12.5 Å². The summed E-state index contributed by atoms with van der Waals surface area (Å²) in [5, 5.41) is 0. The lowest BCUT2D eigenvalue weighted by molar-refractivity contribution is -0.0222. The quantitative estimate of drug-likeness (QED) is 0.764. The molecule has 0 amide bonds. The summed E-state index contributed by atoms with van der Waals surface area (Å²) in [5.41, 5.74) is 0.0928. The minimum absolute atomic E-state index is 0.0543. The van der Waals surface area contributed by atoms with E-state index in [1.165, 1.54) is 29.2 Å². The van der Waals surface area contributed by atoms with Gasteiger partial charge < -0.3 is 4.57 Å². The Labute approximate surface area is 96.7 Å². The second-order valence-corrected chi connectivity index (χ2v) is 3.66. The van der Waals surface area contributed by atoms with Crippen LogP contribution >= 0.6 is 0 Å². The minimum atomic E-state index is -2.98. The molecule has 0 saturated carbocycles. The highest BCUT2D eigenvalue weighted by Crippen LogP contribution is 2.29. The van der Waals surface area contributed by atoms with Gasteiger partial charge in [0.2, 0.25) is 0 Å². The molecule has 0 fully saturated rings. The SMILES string of the molecule is O=Cc1cn(CC(F)(F)c2ccccc2)cn1. The number of rotatable bonds is 4. The Bertz CT molecular complexity index is 508. The maximum absolute atomic E-state index is 13.8. The van der Waals surface area contributed by atoms with E-state index >= 15 is 0 Å². The molecule has 0 spiro atoms. The van der Waals surface area contributed by atoms with Gasteiger partial charge in [-0.15, -0.1) is 0 Å². The summed E-state index contributed by atoms with van der Waals surface area (Å²) < 4.78 is 28.8.